The number of benzene rings is 2. The van der Waals surface area contributed by atoms with Crippen molar-refractivity contribution in [2.45, 2.75) is 26.3 Å². The Balaban J connectivity index is 1.45. The molecule has 2 aromatic carbocycles. The van der Waals surface area contributed by atoms with Crippen molar-refractivity contribution in [2.75, 3.05) is 20.3 Å². The van der Waals surface area contributed by atoms with Crippen LogP contribution in [0.1, 0.15) is 24.7 Å². The lowest BCUT2D eigenvalue weighted by atomic mass is 10.2. The Kier molecular flexibility index (Phi) is 5.90. The predicted octanol–water partition coefficient (Wildman–Crippen LogP) is 3.69. The van der Waals surface area contributed by atoms with Crippen molar-refractivity contribution >= 4 is 11.0 Å². The van der Waals surface area contributed by atoms with E-state index in [1.165, 1.54) is 5.56 Å². The highest BCUT2D eigenvalue weighted by atomic mass is 16.5. The van der Waals surface area contributed by atoms with Gasteiger partial charge in [-0.2, -0.15) is 0 Å². The van der Waals surface area contributed by atoms with Gasteiger partial charge in [-0.05, 0) is 49.7 Å². The van der Waals surface area contributed by atoms with Crippen molar-refractivity contribution in [3.8, 4) is 11.5 Å². The minimum absolute atomic E-state index is 0.635. The maximum absolute atomic E-state index is 5.54. The van der Waals surface area contributed by atoms with E-state index in [2.05, 4.69) is 27.4 Å². The van der Waals surface area contributed by atoms with E-state index in [0.29, 0.717) is 6.61 Å². The van der Waals surface area contributed by atoms with Crippen molar-refractivity contribution in [3.05, 3.63) is 53.9 Å². The van der Waals surface area contributed by atoms with Gasteiger partial charge in [0.2, 0.25) is 0 Å². The number of nitrogens with one attached hydrogen (secondary N) is 2. The molecule has 0 radical (unpaired) electrons. The van der Waals surface area contributed by atoms with E-state index in [9.17, 15) is 0 Å². The van der Waals surface area contributed by atoms with E-state index < -0.39 is 0 Å². The summed E-state index contributed by atoms with van der Waals surface area (Å²) in [7, 11) is 1.67. The van der Waals surface area contributed by atoms with Gasteiger partial charge >= 0.3 is 0 Å². The highest BCUT2D eigenvalue weighted by Crippen LogP contribution is 2.27. The molecule has 0 aliphatic rings. The van der Waals surface area contributed by atoms with Crippen LogP contribution in [0.2, 0.25) is 0 Å². The number of fused-ring (bicyclic) bond motifs is 1. The minimum atomic E-state index is 0.635. The zero-order valence-corrected chi connectivity index (χ0v) is 14.8. The Labute approximate surface area is 148 Å². The van der Waals surface area contributed by atoms with Crippen LogP contribution in [0.4, 0.5) is 0 Å². The largest absolute Gasteiger partial charge is 0.493 e. The van der Waals surface area contributed by atoms with Crippen LogP contribution in [0.15, 0.2) is 42.5 Å². The Morgan fingerprint density at radius 2 is 2.00 bits per heavy atom. The van der Waals surface area contributed by atoms with Crippen molar-refractivity contribution < 1.29 is 9.47 Å². The fourth-order valence-electron chi connectivity index (χ4n) is 2.83. The third kappa shape index (κ3) is 4.51. The summed E-state index contributed by atoms with van der Waals surface area (Å²) < 4.78 is 10.9. The minimum Gasteiger partial charge on any atom is -0.493 e. The number of hydrogen-bond donors (Lipinski definition) is 2. The third-order valence-corrected chi connectivity index (χ3v) is 4.06. The lowest BCUT2D eigenvalue weighted by molar-refractivity contribution is 0.310. The smallest absolute Gasteiger partial charge is 0.161 e. The molecule has 0 saturated heterocycles. The average molecular weight is 339 g/mol. The number of para-hydroxylation sites is 2. The summed E-state index contributed by atoms with van der Waals surface area (Å²) in [4.78, 5) is 7.97. The second-order valence-electron chi connectivity index (χ2n) is 5.90. The van der Waals surface area contributed by atoms with Crippen LogP contribution in [0, 0.1) is 0 Å². The van der Waals surface area contributed by atoms with Crippen molar-refractivity contribution in [3.63, 3.8) is 0 Å². The first kappa shape index (κ1) is 17.3. The lowest BCUT2D eigenvalue weighted by Crippen LogP contribution is -2.15. The summed E-state index contributed by atoms with van der Waals surface area (Å²) in [6.45, 7) is 4.35. The number of aromatic nitrogens is 2. The number of nitrogens with zero attached hydrogens (tertiary/aromatic N) is 1. The topological polar surface area (TPSA) is 59.2 Å². The number of aryl methyl sites for hydroxylation is 1. The van der Waals surface area contributed by atoms with E-state index in [1.807, 2.05) is 37.3 Å². The molecule has 0 bridgehead atoms. The molecule has 5 nitrogen and oxygen atoms in total. The van der Waals surface area contributed by atoms with E-state index in [-0.39, 0.29) is 0 Å². The van der Waals surface area contributed by atoms with E-state index >= 15 is 0 Å². The van der Waals surface area contributed by atoms with Crippen LogP contribution < -0.4 is 14.8 Å². The first-order chi connectivity index (χ1) is 12.3. The summed E-state index contributed by atoms with van der Waals surface area (Å²) >= 11 is 0. The fourth-order valence-corrected chi connectivity index (χ4v) is 2.83. The summed E-state index contributed by atoms with van der Waals surface area (Å²) in [6.07, 6.45) is 1.97. The normalized spacial score (nSPS) is 11.0. The third-order valence-electron chi connectivity index (χ3n) is 4.06. The zero-order chi connectivity index (χ0) is 17.5. The van der Waals surface area contributed by atoms with Gasteiger partial charge in [0.25, 0.3) is 0 Å². The predicted molar refractivity (Wildman–Crippen MR) is 100 cm³/mol. The molecule has 0 unspecified atom stereocenters. The molecule has 0 spiro atoms. The zero-order valence-electron chi connectivity index (χ0n) is 14.8. The summed E-state index contributed by atoms with van der Waals surface area (Å²) in [6, 6.07) is 14.2. The van der Waals surface area contributed by atoms with Crippen molar-refractivity contribution in [1.29, 1.82) is 0 Å². The van der Waals surface area contributed by atoms with Crippen LogP contribution in [0.3, 0.4) is 0 Å². The molecule has 0 saturated carbocycles. The lowest BCUT2D eigenvalue weighted by Gasteiger charge is -2.11. The second-order valence-corrected chi connectivity index (χ2v) is 5.90. The molecule has 1 aromatic heterocycles. The van der Waals surface area contributed by atoms with Crippen LogP contribution in [0.25, 0.3) is 11.0 Å². The van der Waals surface area contributed by atoms with Gasteiger partial charge in [0.15, 0.2) is 11.5 Å². The summed E-state index contributed by atoms with van der Waals surface area (Å²) in [5, 5.41) is 3.47. The molecule has 1 heterocycles. The molecule has 2 N–H and O–H groups in total. The molecule has 0 atom stereocenters. The van der Waals surface area contributed by atoms with Gasteiger partial charge in [0.05, 0.1) is 24.8 Å². The standard InChI is InChI=1S/C20H25N3O2/c1-3-25-18-11-10-15(13-19(18)24-2)14-21-12-6-9-20-22-16-7-4-5-8-17(16)23-20/h4-5,7-8,10-11,13,21H,3,6,9,12,14H2,1-2H3,(H,22,23). The first-order valence-corrected chi connectivity index (χ1v) is 8.74. The molecule has 25 heavy (non-hydrogen) atoms. The number of H-pyrrole nitrogens is 1. The van der Waals surface area contributed by atoms with Gasteiger partial charge < -0.3 is 19.8 Å². The quantitative estimate of drug-likeness (QED) is 0.584. The monoisotopic (exact) mass is 339 g/mol. The summed E-state index contributed by atoms with van der Waals surface area (Å²) in [5.74, 6) is 2.62. The van der Waals surface area contributed by atoms with Crippen LogP contribution in [-0.4, -0.2) is 30.2 Å². The molecule has 0 aliphatic carbocycles. The van der Waals surface area contributed by atoms with Crippen LogP contribution in [0.5, 0.6) is 11.5 Å². The molecule has 0 fully saturated rings. The molecular formula is C20H25N3O2. The fraction of sp³-hybridized carbons (Fsp3) is 0.350. The van der Waals surface area contributed by atoms with Gasteiger partial charge in [0, 0.05) is 13.0 Å². The van der Waals surface area contributed by atoms with Gasteiger partial charge in [-0.25, -0.2) is 4.98 Å². The molecule has 132 valence electrons. The number of imidazole rings is 1. The number of aromatic amines is 1. The number of ether oxygens (including phenoxy) is 2. The maximum Gasteiger partial charge on any atom is 0.161 e. The number of rotatable bonds is 9. The molecule has 3 rings (SSSR count). The first-order valence-electron chi connectivity index (χ1n) is 8.74. The van der Waals surface area contributed by atoms with Crippen molar-refractivity contribution in [1.82, 2.24) is 15.3 Å². The molecule has 0 amide bonds. The van der Waals surface area contributed by atoms with Crippen LogP contribution >= 0.6 is 0 Å². The van der Waals surface area contributed by atoms with Gasteiger partial charge in [-0.3, -0.25) is 0 Å². The molecule has 0 aliphatic heterocycles. The molecule has 5 heteroatoms. The second kappa shape index (κ2) is 8.53. The molecule has 3 aromatic rings. The van der Waals surface area contributed by atoms with Crippen LogP contribution in [-0.2, 0) is 13.0 Å². The van der Waals surface area contributed by atoms with E-state index in [0.717, 1.165) is 54.3 Å². The van der Waals surface area contributed by atoms with Gasteiger partial charge in [-0.15, -0.1) is 0 Å². The Morgan fingerprint density at radius 3 is 2.80 bits per heavy atom. The Hall–Kier alpha value is -2.53. The van der Waals surface area contributed by atoms with Crippen molar-refractivity contribution in [2.24, 2.45) is 0 Å². The Bertz CT molecular complexity index is 781. The van der Waals surface area contributed by atoms with E-state index in [1.54, 1.807) is 7.11 Å². The average Bonchev–Trinajstić information content (AvgIpc) is 3.05. The van der Waals surface area contributed by atoms with Gasteiger partial charge in [0.1, 0.15) is 5.82 Å². The number of hydrogen-bond acceptors (Lipinski definition) is 4. The maximum atomic E-state index is 5.54. The summed E-state index contributed by atoms with van der Waals surface area (Å²) in [5.41, 5.74) is 3.32. The highest BCUT2D eigenvalue weighted by Gasteiger charge is 2.05. The van der Waals surface area contributed by atoms with E-state index in [4.69, 9.17) is 9.47 Å². The molecular weight excluding hydrogens is 314 g/mol. The SMILES string of the molecule is CCOc1ccc(CNCCCc2nc3ccccc3[nH]2)cc1OC. The van der Waals surface area contributed by atoms with Gasteiger partial charge in [-0.1, -0.05) is 18.2 Å². The number of methoxy groups -OCH3 is 1. The highest BCUT2D eigenvalue weighted by molar-refractivity contribution is 5.74. The Morgan fingerprint density at radius 1 is 1.12 bits per heavy atom.